The predicted octanol–water partition coefficient (Wildman–Crippen LogP) is 5.79. The normalized spacial score (nSPS) is 15.8. The Morgan fingerprint density at radius 2 is 1.61 bits per heavy atom. The molecule has 1 saturated heterocycles. The van der Waals surface area contributed by atoms with Crippen molar-refractivity contribution in [2.75, 3.05) is 48.8 Å². The number of benzene rings is 3. The van der Waals surface area contributed by atoms with Crippen LogP contribution in [0, 0.1) is 0 Å². The molecule has 0 saturated carbocycles. The number of amides is 1. The Kier molecular flexibility index (Phi) is 8.03. The van der Waals surface area contributed by atoms with E-state index in [0.29, 0.717) is 10.6 Å². The first kappa shape index (κ1) is 26.3. The minimum absolute atomic E-state index is 0.0714. The smallest absolute Gasteiger partial charge is 0.335 e. The second kappa shape index (κ2) is 11.6. The number of carboxylic acid groups (broad SMARTS) is 1. The van der Waals surface area contributed by atoms with Crippen molar-refractivity contribution in [1.29, 1.82) is 0 Å². The van der Waals surface area contributed by atoms with E-state index in [0.717, 1.165) is 62.5 Å². The Morgan fingerprint density at radius 3 is 2.26 bits per heavy atom. The van der Waals surface area contributed by atoms with Gasteiger partial charge >= 0.3 is 5.97 Å². The summed E-state index contributed by atoms with van der Waals surface area (Å²) in [6.45, 7) is 4.50. The number of anilines is 2. The third-order valence-corrected chi connectivity index (χ3v) is 7.72. The molecule has 38 heavy (non-hydrogen) atoms. The molecule has 1 heterocycles. The largest absolute Gasteiger partial charge is 0.478 e. The molecule has 1 aliphatic heterocycles. The van der Waals surface area contributed by atoms with E-state index < -0.39 is 5.97 Å². The highest BCUT2D eigenvalue weighted by atomic mass is 35.5. The summed E-state index contributed by atoms with van der Waals surface area (Å²) in [6.07, 6.45) is 1.84. The molecule has 1 amide bonds. The number of carboxylic acids is 1. The summed E-state index contributed by atoms with van der Waals surface area (Å²) >= 11 is 11.9. The van der Waals surface area contributed by atoms with Crippen LogP contribution in [0.5, 0.6) is 0 Å². The lowest BCUT2D eigenvalue weighted by molar-refractivity contribution is -0.113. The van der Waals surface area contributed by atoms with Gasteiger partial charge in [-0.2, -0.15) is 0 Å². The number of piperazine rings is 1. The molecule has 0 spiro atoms. The van der Waals surface area contributed by atoms with Gasteiger partial charge in [-0.25, -0.2) is 4.79 Å². The Morgan fingerprint density at radius 1 is 0.895 bits per heavy atom. The second-order valence-corrected chi connectivity index (χ2v) is 10.4. The number of aromatic carboxylic acids is 1. The Hall–Kier alpha value is -3.32. The van der Waals surface area contributed by atoms with E-state index in [-0.39, 0.29) is 11.8 Å². The van der Waals surface area contributed by atoms with E-state index in [9.17, 15) is 9.59 Å². The molecule has 1 aliphatic carbocycles. The van der Waals surface area contributed by atoms with Crippen molar-refractivity contribution in [2.45, 2.75) is 12.8 Å². The van der Waals surface area contributed by atoms with Gasteiger partial charge < -0.3 is 15.3 Å². The van der Waals surface area contributed by atoms with Crippen molar-refractivity contribution in [2.24, 2.45) is 0 Å². The molecule has 2 N–H and O–H groups in total. The lowest BCUT2D eigenvalue weighted by atomic mass is 9.81. The highest BCUT2D eigenvalue weighted by Gasteiger charge is 2.25. The Balaban J connectivity index is 1.36. The molecular formula is C30H29Cl2N3O3. The molecule has 2 aliphatic rings. The summed E-state index contributed by atoms with van der Waals surface area (Å²) in [5, 5.41) is 12.7. The number of hydrogen-bond donors (Lipinski definition) is 2. The van der Waals surface area contributed by atoms with Crippen molar-refractivity contribution < 1.29 is 14.7 Å². The third-order valence-electron chi connectivity index (χ3n) is 7.23. The number of carbonyl (C=O) groups excluding carboxylic acids is 1. The molecule has 6 nitrogen and oxygen atoms in total. The van der Waals surface area contributed by atoms with Crippen molar-refractivity contribution in [3.05, 3.63) is 99.6 Å². The number of alkyl halides is 1. The number of aryl methyl sites for hydroxylation is 1. The fraction of sp³-hybridized carbons (Fsp3) is 0.267. The van der Waals surface area contributed by atoms with Crippen LogP contribution >= 0.6 is 23.2 Å². The van der Waals surface area contributed by atoms with E-state index in [1.54, 1.807) is 12.1 Å². The zero-order chi connectivity index (χ0) is 26.6. The molecule has 196 valence electrons. The van der Waals surface area contributed by atoms with Crippen molar-refractivity contribution in [1.82, 2.24) is 4.90 Å². The average Bonchev–Trinajstić information content (AvgIpc) is 2.94. The van der Waals surface area contributed by atoms with Gasteiger partial charge in [-0.1, -0.05) is 29.8 Å². The monoisotopic (exact) mass is 549 g/mol. The first-order valence-corrected chi connectivity index (χ1v) is 13.6. The molecule has 0 unspecified atom stereocenters. The van der Waals surface area contributed by atoms with E-state index >= 15 is 0 Å². The van der Waals surface area contributed by atoms with Crippen molar-refractivity contribution in [3.8, 4) is 0 Å². The standard InChI is InChI=1S/C30H29Cl2N3O3/c31-18-28(36)33-25-9-12-27-22(17-25)1-2-23(29(27)20-3-7-24(32)8-4-20)19-34-13-15-35(16-14-34)26-10-5-21(6-11-26)30(37)38/h3-12,17H,1-2,13-16,18-19H2,(H,33,36)(H,37,38). The number of nitrogens with zero attached hydrogens (tertiary/aromatic N) is 2. The van der Waals surface area contributed by atoms with E-state index in [1.807, 2.05) is 30.3 Å². The van der Waals surface area contributed by atoms with Crippen molar-refractivity contribution >= 4 is 52.0 Å². The lowest BCUT2D eigenvalue weighted by Crippen LogP contribution is -2.47. The summed E-state index contributed by atoms with van der Waals surface area (Å²) in [5.41, 5.74) is 8.30. The summed E-state index contributed by atoms with van der Waals surface area (Å²) in [6, 6.07) is 21.2. The maximum Gasteiger partial charge on any atom is 0.335 e. The minimum atomic E-state index is -0.906. The number of fused-ring (bicyclic) bond motifs is 1. The van der Waals surface area contributed by atoms with Gasteiger partial charge in [-0.3, -0.25) is 9.69 Å². The van der Waals surface area contributed by atoms with Gasteiger partial charge in [0.25, 0.3) is 0 Å². The number of halogens is 2. The van der Waals surface area contributed by atoms with E-state index in [2.05, 4.69) is 39.4 Å². The molecule has 3 aromatic rings. The number of hydrogen-bond acceptors (Lipinski definition) is 4. The van der Waals surface area contributed by atoms with Gasteiger partial charge in [0.2, 0.25) is 5.91 Å². The molecule has 0 radical (unpaired) electrons. The van der Waals surface area contributed by atoms with Gasteiger partial charge in [0.15, 0.2) is 0 Å². The van der Waals surface area contributed by atoms with E-state index in [4.69, 9.17) is 28.3 Å². The SMILES string of the molecule is O=C(CCl)Nc1ccc2c(c1)CCC(CN1CCN(c3ccc(C(=O)O)cc3)CC1)=C2c1ccc(Cl)cc1. The minimum Gasteiger partial charge on any atom is -0.478 e. The highest BCUT2D eigenvalue weighted by Crippen LogP contribution is 2.38. The summed E-state index contributed by atoms with van der Waals surface area (Å²) in [4.78, 5) is 27.8. The molecule has 3 aromatic carbocycles. The van der Waals surface area contributed by atoms with Crippen LogP contribution in [0.4, 0.5) is 11.4 Å². The van der Waals surface area contributed by atoms with Gasteiger partial charge in [0, 0.05) is 49.1 Å². The molecule has 1 fully saturated rings. The first-order chi connectivity index (χ1) is 18.4. The summed E-state index contributed by atoms with van der Waals surface area (Å²) < 4.78 is 0. The second-order valence-electron chi connectivity index (χ2n) is 9.65. The average molecular weight is 550 g/mol. The Labute approximate surface area is 232 Å². The third kappa shape index (κ3) is 5.88. The van der Waals surface area contributed by atoms with Gasteiger partial charge in [0.1, 0.15) is 5.88 Å². The number of nitrogens with one attached hydrogen (secondary N) is 1. The van der Waals surface area contributed by atoms with Crippen LogP contribution in [0.15, 0.2) is 72.3 Å². The molecule has 0 bridgehead atoms. The summed E-state index contributed by atoms with van der Waals surface area (Å²) in [7, 11) is 0. The Bertz CT molecular complexity index is 1360. The van der Waals surface area contributed by atoms with Crippen LogP contribution in [0.3, 0.4) is 0 Å². The first-order valence-electron chi connectivity index (χ1n) is 12.7. The maximum absolute atomic E-state index is 11.8. The van der Waals surface area contributed by atoms with Crippen molar-refractivity contribution in [3.63, 3.8) is 0 Å². The molecule has 0 aromatic heterocycles. The van der Waals surface area contributed by atoms with Crippen LogP contribution in [-0.4, -0.2) is 60.5 Å². The molecular weight excluding hydrogens is 521 g/mol. The highest BCUT2D eigenvalue weighted by molar-refractivity contribution is 6.30. The molecule has 5 rings (SSSR count). The quantitative estimate of drug-likeness (QED) is 0.365. The van der Waals surface area contributed by atoms with Crippen LogP contribution in [-0.2, 0) is 11.2 Å². The maximum atomic E-state index is 11.8. The number of rotatable bonds is 7. The van der Waals surface area contributed by atoms with Gasteiger partial charge in [-0.05, 0) is 89.2 Å². The van der Waals surface area contributed by atoms with Crippen LogP contribution < -0.4 is 10.2 Å². The van der Waals surface area contributed by atoms with Crippen LogP contribution in [0.2, 0.25) is 5.02 Å². The van der Waals surface area contributed by atoms with Gasteiger partial charge in [0.05, 0.1) is 5.56 Å². The van der Waals surface area contributed by atoms with E-state index in [1.165, 1.54) is 22.3 Å². The zero-order valence-corrected chi connectivity index (χ0v) is 22.4. The predicted molar refractivity (Wildman–Crippen MR) is 154 cm³/mol. The topological polar surface area (TPSA) is 72.9 Å². The lowest BCUT2D eigenvalue weighted by Gasteiger charge is -2.37. The fourth-order valence-corrected chi connectivity index (χ4v) is 5.49. The molecule has 8 heteroatoms. The van der Waals surface area contributed by atoms with Crippen LogP contribution in [0.25, 0.3) is 5.57 Å². The zero-order valence-electron chi connectivity index (χ0n) is 20.9. The molecule has 0 atom stereocenters. The fourth-order valence-electron chi connectivity index (χ4n) is 5.30. The number of carbonyl (C=O) groups is 2. The van der Waals surface area contributed by atoms with Gasteiger partial charge in [-0.15, -0.1) is 11.6 Å². The summed E-state index contributed by atoms with van der Waals surface area (Å²) in [5.74, 6) is -1.19. The van der Waals surface area contributed by atoms with Crippen LogP contribution in [0.1, 0.15) is 33.5 Å².